The van der Waals surface area contributed by atoms with Gasteiger partial charge in [-0.3, -0.25) is 0 Å². The third-order valence-corrected chi connectivity index (χ3v) is 6.26. The summed E-state index contributed by atoms with van der Waals surface area (Å²) in [6, 6.07) is -0.712. The van der Waals surface area contributed by atoms with E-state index in [1.807, 2.05) is 27.7 Å². The Kier molecular flexibility index (Phi) is 9.05. The summed E-state index contributed by atoms with van der Waals surface area (Å²) in [4.78, 5) is 19.4. The maximum Gasteiger partial charge on any atom is 0.215 e. The predicted octanol–water partition coefficient (Wildman–Crippen LogP) is 3.23. The van der Waals surface area contributed by atoms with Crippen molar-refractivity contribution < 1.29 is 24.1 Å². The number of aliphatic hydroxyl groups is 1. The number of rotatable bonds is 8. The first-order chi connectivity index (χ1) is 16.1. The second-order valence-electron chi connectivity index (χ2n) is 9.20. The fourth-order valence-corrected chi connectivity index (χ4v) is 4.55. The van der Waals surface area contributed by atoms with Gasteiger partial charge in [0.25, 0.3) is 0 Å². The molecule has 9 heteroatoms. The van der Waals surface area contributed by atoms with Gasteiger partial charge in [0.2, 0.25) is 23.6 Å². The van der Waals surface area contributed by atoms with Crippen LogP contribution in [0.2, 0.25) is 0 Å². The van der Waals surface area contributed by atoms with Gasteiger partial charge in [0.05, 0.1) is 28.4 Å². The highest BCUT2D eigenvalue weighted by molar-refractivity contribution is 6.01. The van der Waals surface area contributed by atoms with Gasteiger partial charge in [0.15, 0.2) is 11.1 Å². The van der Waals surface area contributed by atoms with E-state index in [4.69, 9.17) is 38.9 Å². The van der Waals surface area contributed by atoms with Crippen molar-refractivity contribution in [1.29, 1.82) is 0 Å². The van der Waals surface area contributed by atoms with E-state index in [9.17, 15) is 5.11 Å². The Labute approximate surface area is 203 Å². The number of ether oxygens (including phenoxy) is 4. The van der Waals surface area contributed by atoms with Crippen LogP contribution in [0, 0.1) is 11.8 Å². The maximum atomic E-state index is 12.2. The lowest BCUT2D eigenvalue weighted by Crippen LogP contribution is -2.65. The Hall–Kier alpha value is -2.68. The summed E-state index contributed by atoms with van der Waals surface area (Å²) in [6.45, 7) is 15.9. The number of nitrogens with zero attached hydrogens (tertiary/aromatic N) is 4. The molecule has 0 spiro atoms. The van der Waals surface area contributed by atoms with Crippen LogP contribution in [0.25, 0.3) is 0 Å². The first-order valence-corrected chi connectivity index (χ1v) is 11.5. The lowest BCUT2D eigenvalue weighted by Gasteiger charge is -2.46. The molecule has 2 aliphatic heterocycles. The Morgan fingerprint density at radius 2 is 1.12 bits per heavy atom. The fourth-order valence-electron chi connectivity index (χ4n) is 4.55. The van der Waals surface area contributed by atoms with Gasteiger partial charge in [-0.05, 0) is 11.8 Å². The van der Waals surface area contributed by atoms with Gasteiger partial charge in [-0.15, -0.1) is 13.2 Å². The van der Waals surface area contributed by atoms with Crippen molar-refractivity contribution in [3.05, 3.63) is 25.3 Å². The molecule has 0 aliphatic carbocycles. The predicted molar refractivity (Wildman–Crippen MR) is 136 cm³/mol. The van der Waals surface area contributed by atoms with Crippen LogP contribution in [-0.4, -0.2) is 86.4 Å². The normalized spacial score (nSPS) is 29.2. The van der Waals surface area contributed by atoms with E-state index in [0.29, 0.717) is 11.8 Å². The SMILES string of the molecule is C=CC[C@@]1(C(O)[C@]2(CC=C)N=C(OC)[C@@H](C(C)C)N=C2OC)N=C(OC)[C@@H](C(C)C)N=C1OC. The number of aliphatic imine (C=N–C) groups is 4. The van der Waals surface area contributed by atoms with Gasteiger partial charge in [0.1, 0.15) is 18.2 Å². The molecule has 0 aromatic carbocycles. The van der Waals surface area contributed by atoms with Gasteiger partial charge in [-0.25, -0.2) is 20.0 Å². The van der Waals surface area contributed by atoms with E-state index in [1.165, 1.54) is 14.2 Å². The van der Waals surface area contributed by atoms with Gasteiger partial charge in [0, 0.05) is 12.8 Å². The maximum absolute atomic E-state index is 12.2. The van der Waals surface area contributed by atoms with E-state index in [1.54, 1.807) is 26.4 Å². The summed E-state index contributed by atoms with van der Waals surface area (Å²) >= 11 is 0. The quantitative estimate of drug-likeness (QED) is 0.541. The molecule has 2 aliphatic rings. The first kappa shape index (κ1) is 27.6. The van der Waals surface area contributed by atoms with Crippen molar-refractivity contribution >= 4 is 23.6 Å². The summed E-state index contributed by atoms with van der Waals surface area (Å²) in [5, 5.41) is 12.2. The molecule has 2 rings (SSSR count). The van der Waals surface area contributed by atoms with Crippen molar-refractivity contribution in [2.45, 2.75) is 69.8 Å². The molecule has 0 saturated carbocycles. The highest BCUT2D eigenvalue weighted by Gasteiger charge is 2.60. The van der Waals surface area contributed by atoms with Gasteiger partial charge in [-0.1, -0.05) is 39.8 Å². The van der Waals surface area contributed by atoms with Crippen LogP contribution in [0.5, 0.6) is 0 Å². The van der Waals surface area contributed by atoms with E-state index in [-0.39, 0.29) is 48.6 Å². The van der Waals surface area contributed by atoms with Crippen molar-refractivity contribution in [2.24, 2.45) is 31.8 Å². The van der Waals surface area contributed by atoms with E-state index < -0.39 is 17.2 Å². The molecule has 0 saturated heterocycles. The third kappa shape index (κ3) is 4.62. The highest BCUT2D eigenvalue weighted by atomic mass is 16.5. The van der Waals surface area contributed by atoms with E-state index in [0.717, 1.165) is 0 Å². The zero-order valence-corrected chi connectivity index (χ0v) is 21.7. The van der Waals surface area contributed by atoms with Crippen molar-refractivity contribution in [1.82, 2.24) is 0 Å². The molecule has 0 unspecified atom stereocenters. The van der Waals surface area contributed by atoms with E-state index >= 15 is 0 Å². The highest BCUT2D eigenvalue weighted by Crippen LogP contribution is 2.41. The van der Waals surface area contributed by atoms with Crippen LogP contribution in [0.1, 0.15) is 40.5 Å². The van der Waals surface area contributed by atoms with Crippen LogP contribution in [0.4, 0.5) is 0 Å². The van der Waals surface area contributed by atoms with Crippen LogP contribution >= 0.6 is 0 Å². The second kappa shape index (κ2) is 11.2. The molecular formula is C25H40N4O5. The largest absolute Gasteiger partial charge is 0.483 e. The molecule has 0 radical (unpaired) electrons. The first-order valence-electron chi connectivity index (χ1n) is 11.5. The molecule has 1 N–H and O–H groups in total. The molecule has 0 aromatic rings. The summed E-state index contributed by atoms with van der Waals surface area (Å²) in [6.07, 6.45) is 2.41. The minimum atomic E-state index is -1.39. The second-order valence-corrected chi connectivity index (χ2v) is 9.20. The van der Waals surface area contributed by atoms with Crippen molar-refractivity contribution in [3.63, 3.8) is 0 Å². The molecule has 0 fully saturated rings. The van der Waals surface area contributed by atoms with Gasteiger partial charge >= 0.3 is 0 Å². The lowest BCUT2D eigenvalue weighted by atomic mass is 9.73. The average molecular weight is 477 g/mol. The van der Waals surface area contributed by atoms with Crippen LogP contribution in [-0.2, 0) is 18.9 Å². The molecule has 0 amide bonds. The molecule has 34 heavy (non-hydrogen) atoms. The Balaban J connectivity index is 2.85. The molecular weight excluding hydrogens is 436 g/mol. The lowest BCUT2D eigenvalue weighted by molar-refractivity contribution is 0.0497. The number of aliphatic hydroxyl groups excluding tert-OH is 1. The third-order valence-electron chi connectivity index (χ3n) is 6.26. The number of hydrogen-bond donors (Lipinski definition) is 1. The molecule has 0 bridgehead atoms. The molecule has 190 valence electrons. The Bertz CT molecular complexity index is 809. The monoisotopic (exact) mass is 476 g/mol. The Morgan fingerprint density at radius 1 is 0.765 bits per heavy atom. The average Bonchev–Trinajstić information content (AvgIpc) is 2.82. The molecule has 4 atom stereocenters. The number of hydrogen-bond acceptors (Lipinski definition) is 9. The fraction of sp³-hybridized carbons (Fsp3) is 0.680. The zero-order valence-electron chi connectivity index (χ0n) is 21.7. The number of methoxy groups -OCH3 is 4. The van der Waals surface area contributed by atoms with Gasteiger partial charge in [-0.2, -0.15) is 0 Å². The van der Waals surface area contributed by atoms with Gasteiger partial charge < -0.3 is 24.1 Å². The molecule has 0 aromatic heterocycles. The molecule has 9 nitrogen and oxygen atoms in total. The van der Waals surface area contributed by atoms with Crippen LogP contribution in [0.3, 0.4) is 0 Å². The summed E-state index contributed by atoms with van der Waals surface area (Å²) in [5.41, 5.74) is -2.77. The van der Waals surface area contributed by atoms with Crippen molar-refractivity contribution in [2.75, 3.05) is 28.4 Å². The summed E-state index contributed by atoms with van der Waals surface area (Å²) < 4.78 is 22.8. The summed E-state index contributed by atoms with van der Waals surface area (Å²) in [7, 11) is 6.12. The Morgan fingerprint density at radius 3 is 1.35 bits per heavy atom. The van der Waals surface area contributed by atoms with Crippen LogP contribution in [0.15, 0.2) is 45.3 Å². The zero-order chi connectivity index (χ0) is 25.7. The minimum absolute atomic E-state index is 0.0977. The smallest absolute Gasteiger partial charge is 0.215 e. The summed E-state index contributed by atoms with van der Waals surface area (Å²) in [5.74, 6) is 1.51. The standard InChI is InChI=1S/C25H40N4O5/c1-11-13-24(22(33-9)26-17(15(3)4)19(28-24)31-7)21(30)25(14-12-2)23(34-10)27-18(16(5)6)20(29-25)32-8/h11-12,15-18,21,30H,1-2,13-14H2,3-10H3/t17-,18-,24+,25+/m1/s1. The topological polar surface area (TPSA) is 107 Å². The van der Waals surface area contributed by atoms with Crippen LogP contribution < -0.4 is 0 Å². The van der Waals surface area contributed by atoms with Crippen molar-refractivity contribution in [3.8, 4) is 0 Å². The minimum Gasteiger partial charge on any atom is -0.483 e. The van der Waals surface area contributed by atoms with E-state index in [2.05, 4.69) is 13.2 Å². The molecule has 2 heterocycles.